The molecule has 1 heterocycles. The molecule has 1 aromatic heterocycles. The molecule has 3 aliphatic rings. The number of anilines is 1. The highest BCUT2D eigenvalue weighted by atomic mass is 35.5. The van der Waals surface area contributed by atoms with E-state index in [4.69, 9.17) is 16.3 Å². The Morgan fingerprint density at radius 1 is 1.11 bits per heavy atom. The third kappa shape index (κ3) is 6.07. The van der Waals surface area contributed by atoms with Crippen molar-refractivity contribution in [1.29, 1.82) is 0 Å². The van der Waals surface area contributed by atoms with E-state index in [-0.39, 0.29) is 17.3 Å². The number of aliphatic carboxylic acids is 1. The number of aromatic nitrogens is 1. The van der Waals surface area contributed by atoms with Crippen LogP contribution in [0.1, 0.15) is 112 Å². The molecule has 6 rings (SSSR count). The maximum absolute atomic E-state index is 12.8. The summed E-state index contributed by atoms with van der Waals surface area (Å²) in [7, 11) is 0. The number of carboxylic acid groups (broad SMARTS) is 1. The number of halogens is 1. The second-order valence-corrected chi connectivity index (χ2v) is 14.4. The fourth-order valence-corrected chi connectivity index (χ4v) is 8.54. The minimum atomic E-state index is -1.08. The summed E-state index contributed by atoms with van der Waals surface area (Å²) in [6, 6.07) is 15.6. The van der Waals surface area contributed by atoms with Crippen molar-refractivity contribution >= 4 is 23.3 Å². The zero-order valence-corrected chi connectivity index (χ0v) is 27.2. The average Bonchev–Trinajstić information content (AvgIpc) is 3.30. The van der Waals surface area contributed by atoms with E-state index in [1.54, 1.807) is 25.3 Å². The monoisotopic (exact) mass is 632 g/mol. The SMILES string of the molecule is C[C@@H](COc1ccnc2c1[C@H](C)CC[C@H]2O)C[C@H]1Cc2ccc([C@@H](C)O)cc2C12CCC(Nc1cccc(Cl)c1)(C(=O)O)CC2. The number of hydrogen-bond donors (Lipinski definition) is 4. The summed E-state index contributed by atoms with van der Waals surface area (Å²) in [6.07, 6.45) is 6.54. The lowest BCUT2D eigenvalue weighted by atomic mass is 9.59. The molecule has 0 radical (unpaired) electrons. The van der Waals surface area contributed by atoms with Gasteiger partial charge in [-0.1, -0.05) is 49.7 Å². The van der Waals surface area contributed by atoms with Gasteiger partial charge in [0, 0.05) is 22.5 Å². The average molecular weight is 633 g/mol. The van der Waals surface area contributed by atoms with Crippen molar-refractivity contribution in [2.75, 3.05) is 11.9 Å². The largest absolute Gasteiger partial charge is 0.493 e. The van der Waals surface area contributed by atoms with Crippen LogP contribution in [0, 0.1) is 11.8 Å². The smallest absolute Gasteiger partial charge is 0.329 e. The van der Waals surface area contributed by atoms with E-state index in [1.165, 1.54) is 11.1 Å². The first kappa shape index (κ1) is 31.8. The third-order valence-corrected chi connectivity index (χ3v) is 11.1. The number of benzene rings is 2. The maximum Gasteiger partial charge on any atom is 0.329 e. The molecule has 2 aromatic carbocycles. The molecule has 8 heteroatoms. The number of fused-ring (bicyclic) bond motifs is 3. The van der Waals surface area contributed by atoms with Gasteiger partial charge in [0.15, 0.2) is 0 Å². The van der Waals surface area contributed by atoms with Crippen molar-refractivity contribution in [2.24, 2.45) is 11.8 Å². The second kappa shape index (κ2) is 12.6. The van der Waals surface area contributed by atoms with Crippen LogP contribution in [-0.4, -0.2) is 38.4 Å². The summed E-state index contributed by atoms with van der Waals surface area (Å²) in [5.74, 6) is 0.836. The molecule has 0 bridgehead atoms. The number of pyridine rings is 1. The van der Waals surface area contributed by atoms with E-state index in [9.17, 15) is 20.1 Å². The van der Waals surface area contributed by atoms with Crippen LogP contribution in [0.5, 0.6) is 5.75 Å². The molecule has 1 saturated carbocycles. The van der Waals surface area contributed by atoms with Gasteiger partial charge < -0.3 is 25.4 Å². The normalized spacial score (nSPS) is 28.6. The molecule has 240 valence electrons. The number of nitrogens with one attached hydrogen (secondary N) is 1. The minimum Gasteiger partial charge on any atom is -0.493 e. The van der Waals surface area contributed by atoms with Crippen LogP contribution >= 0.6 is 11.6 Å². The molecule has 5 atom stereocenters. The first-order valence-electron chi connectivity index (χ1n) is 16.4. The number of nitrogens with zero attached hydrogens (tertiary/aromatic N) is 1. The molecular formula is C37H45ClN2O5. The number of carbonyl (C=O) groups is 1. The minimum absolute atomic E-state index is 0.183. The third-order valence-electron chi connectivity index (χ3n) is 10.9. The van der Waals surface area contributed by atoms with Crippen LogP contribution in [0.25, 0.3) is 0 Å². The van der Waals surface area contributed by atoms with Gasteiger partial charge in [-0.3, -0.25) is 4.98 Å². The van der Waals surface area contributed by atoms with Gasteiger partial charge in [0.1, 0.15) is 11.3 Å². The number of rotatable bonds is 9. The van der Waals surface area contributed by atoms with Gasteiger partial charge in [-0.2, -0.15) is 0 Å². The zero-order valence-electron chi connectivity index (χ0n) is 26.4. The summed E-state index contributed by atoms with van der Waals surface area (Å²) in [5.41, 5.74) is 4.69. The van der Waals surface area contributed by atoms with Crippen LogP contribution in [0.15, 0.2) is 54.7 Å². The Kier molecular flexibility index (Phi) is 8.90. The van der Waals surface area contributed by atoms with Gasteiger partial charge in [-0.25, -0.2) is 4.79 Å². The van der Waals surface area contributed by atoms with Crippen LogP contribution in [-0.2, 0) is 16.6 Å². The van der Waals surface area contributed by atoms with Crippen LogP contribution in [0.2, 0.25) is 5.02 Å². The fourth-order valence-electron chi connectivity index (χ4n) is 8.35. The van der Waals surface area contributed by atoms with Gasteiger partial charge in [0.25, 0.3) is 0 Å². The van der Waals surface area contributed by atoms with Crippen molar-refractivity contribution in [1.82, 2.24) is 4.98 Å². The molecule has 1 spiro atoms. The Labute approximate surface area is 271 Å². The Morgan fingerprint density at radius 3 is 2.60 bits per heavy atom. The predicted molar refractivity (Wildman–Crippen MR) is 176 cm³/mol. The quantitative estimate of drug-likeness (QED) is 0.191. The Bertz CT molecular complexity index is 1550. The molecule has 45 heavy (non-hydrogen) atoms. The maximum atomic E-state index is 12.8. The predicted octanol–water partition coefficient (Wildman–Crippen LogP) is 7.74. The molecule has 0 aliphatic heterocycles. The van der Waals surface area contributed by atoms with Gasteiger partial charge in [0.2, 0.25) is 0 Å². The lowest BCUT2D eigenvalue weighted by Crippen LogP contribution is -2.53. The number of aliphatic hydroxyl groups excluding tert-OH is 2. The lowest BCUT2D eigenvalue weighted by molar-refractivity contribution is -0.144. The summed E-state index contributed by atoms with van der Waals surface area (Å²) >= 11 is 6.23. The molecular weight excluding hydrogens is 588 g/mol. The van der Waals surface area contributed by atoms with E-state index in [2.05, 4.69) is 36.3 Å². The summed E-state index contributed by atoms with van der Waals surface area (Å²) in [4.78, 5) is 17.3. The van der Waals surface area contributed by atoms with Crippen molar-refractivity contribution < 1.29 is 24.9 Å². The zero-order chi connectivity index (χ0) is 31.9. The Morgan fingerprint density at radius 2 is 1.89 bits per heavy atom. The van der Waals surface area contributed by atoms with Crippen molar-refractivity contribution in [3.63, 3.8) is 0 Å². The standard InChI is InChI=1S/C37H45ClN2O5/c1-22(21-45-32-11-16-39-34-31(42)10-7-23(2)33(32)34)17-27-18-26-9-8-25(24(3)41)19-30(26)36(27)12-14-37(15-13-36,35(43)44)40-29-6-4-5-28(38)20-29/h4-6,8-9,11,16,19-20,22-24,27,31,40-42H,7,10,12-15,17-18,21H2,1-3H3,(H,43,44)/t22-,23-,24-,27+,31-,36?,37?/m1/s1. The van der Waals surface area contributed by atoms with Crippen LogP contribution in [0.4, 0.5) is 5.69 Å². The van der Waals surface area contributed by atoms with Gasteiger partial charge in [-0.05, 0) is 122 Å². The second-order valence-electron chi connectivity index (χ2n) is 13.9. The Balaban J connectivity index is 1.24. The lowest BCUT2D eigenvalue weighted by Gasteiger charge is -2.47. The van der Waals surface area contributed by atoms with E-state index in [0.717, 1.165) is 61.1 Å². The first-order valence-corrected chi connectivity index (χ1v) is 16.8. The van der Waals surface area contributed by atoms with Crippen molar-refractivity contribution in [3.8, 4) is 5.75 Å². The van der Waals surface area contributed by atoms with E-state index in [1.807, 2.05) is 24.3 Å². The topological polar surface area (TPSA) is 112 Å². The van der Waals surface area contributed by atoms with Crippen molar-refractivity contribution in [2.45, 2.75) is 101 Å². The van der Waals surface area contributed by atoms with E-state index < -0.39 is 23.7 Å². The van der Waals surface area contributed by atoms with Crippen molar-refractivity contribution in [3.05, 3.63) is 87.7 Å². The van der Waals surface area contributed by atoms with Gasteiger partial charge in [0.05, 0.1) is 24.5 Å². The number of carboxylic acids is 1. The van der Waals surface area contributed by atoms with Crippen LogP contribution in [0.3, 0.4) is 0 Å². The highest BCUT2D eigenvalue weighted by molar-refractivity contribution is 6.30. The number of aliphatic hydroxyl groups is 2. The molecule has 4 N–H and O–H groups in total. The van der Waals surface area contributed by atoms with Crippen LogP contribution < -0.4 is 10.1 Å². The summed E-state index contributed by atoms with van der Waals surface area (Å²) in [6.45, 7) is 6.75. The molecule has 0 saturated heterocycles. The Hall–Kier alpha value is -3.13. The molecule has 3 aromatic rings. The van der Waals surface area contributed by atoms with E-state index >= 15 is 0 Å². The molecule has 0 amide bonds. The number of ether oxygens (including phenoxy) is 1. The highest BCUT2D eigenvalue weighted by Crippen LogP contribution is 2.56. The van der Waals surface area contributed by atoms with Gasteiger partial charge >= 0.3 is 5.97 Å². The summed E-state index contributed by atoms with van der Waals surface area (Å²) in [5, 5.41) is 35.4. The number of hydrogen-bond acceptors (Lipinski definition) is 6. The summed E-state index contributed by atoms with van der Waals surface area (Å²) < 4.78 is 6.46. The molecule has 3 aliphatic carbocycles. The van der Waals surface area contributed by atoms with Gasteiger partial charge in [-0.15, -0.1) is 0 Å². The molecule has 7 nitrogen and oxygen atoms in total. The fraction of sp³-hybridized carbons (Fsp3) is 0.514. The molecule has 0 unspecified atom stereocenters. The van der Waals surface area contributed by atoms with E-state index in [0.29, 0.717) is 36.1 Å². The molecule has 1 fully saturated rings. The first-order chi connectivity index (χ1) is 21.5. The highest BCUT2D eigenvalue weighted by Gasteiger charge is 2.54.